The van der Waals surface area contributed by atoms with Crippen LogP contribution < -0.4 is 10.0 Å². The molecule has 180 valence electrons. The first-order chi connectivity index (χ1) is 16.1. The molecule has 2 aromatic carbocycles. The van der Waals surface area contributed by atoms with Crippen molar-refractivity contribution < 1.29 is 18.0 Å². The molecule has 3 N–H and O–H groups in total. The smallest absolute Gasteiger partial charge is 0.254 e. The number of carbonyl (C=O) groups is 2. The Bertz CT molecular complexity index is 1350. The second-order valence-electron chi connectivity index (χ2n) is 8.63. The van der Waals surface area contributed by atoms with Gasteiger partial charge in [0.1, 0.15) is 0 Å². The van der Waals surface area contributed by atoms with Crippen LogP contribution in [0, 0.1) is 6.92 Å². The Balaban J connectivity index is 1.57. The molecule has 1 fully saturated rings. The Hall–Kier alpha value is -2.88. The highest BCUT2D eigenvalue weighted by atomic mass is 35.5. The van der Waals surface area contributed by atoms with Crippen LogP contribution in [-0.4, -0.2) is 56.0 Å². The molecular formula is C24H27ClN4O4S. The summed E-state index contributed by atoms with van der Waals surface area (Å²) < 4.78 is 25.9. The summed E-state index contributed by atoms with van der Waals surface area (Å²) in [6.07, 6.45) is 3.08. The van der Waals surface area contributed by atoms with Crippen molar-refractivity contribution in [2.24, 2.45) is 0 Å². The van der Waals surface area contributed by atoms with Gasteiger partial charge in [0.25, 0.3) is 11.8 Å². The molecule has 0 bridgehead atoms. The topological polar surface area (TPSA) is 111 Å². The zero-order chi connectivity index (χ0) is 24.5. The standard InChI is InChI=1S/C24H27ClN4O4S/c1-15-11-16(5-7-19(15)24(31)29-9-3-4-10-29)23(30)28-22(14-26-34(2,32)33)21-13-17-12-18(25)6-8-20(17)27-21/h5-8,11-13,22,26-27H,3-4,9-10,14H2,1-2H3,(H,28,30)/t22-/m0/s1. The third-order valence-electron chi connectivity index (χ3n) is 5.95. The summed E-state index contributed by atoms with van der Waals surface area (Å²) in [5.41, 5.74) is 3.15. The van der Waals surface area contributed by atoms with Crippen molar-refractivity contribution in [3.8, 4) is 0 Å². The number of carbonyl (C=O) groups excluding carboxylic acids is 2. The Morgan fingerprint density at radius 2 is 1.85 bits per heavy atom. The first-order valence-corrected chi connectivity index (χ1v) is 13.3. The molecule has 2 heterocycles. The van der Waals surface area contributed by atoms with Crippen LogP contribution in [0.2, 0.25) is 5.02 Å². The van der Waals surface area contributed by atoms with Crippen molar-refractivity contribution >= 4 is 44.3 Å². The molecule has 3 aromatic rings. The predicted molar refractivity (Wildman–Crippen MR) is 133 cm³/mol. The molecule has 2 amide bonds. The van der Waals surface area contributed by atoms with Crippen LogP contribution in [0.5, 0.6) is 0 Å². The predicted octanol–water partition coefficient (Wildman–Crippen LogP) is 3.39. The molecule has 1 aromatic heterocycles. The van der Waals surface area contributed by atoms with Gasteiger partial charge in [0.05, 0.1) is 12.3 Å². The summed E-state index contributed by atoms with van der Waals surface area (Å²) in [5.74, 6) is -0.394. The zero-order valence-electron chi connectivity index (χ0n) is 19.0. The Labute approximate surface area is 203 Å². The van der Waals surface area contributed by atoms with Gasteiger partial charge < -0.3 is 15.2 Å². The maximum Gasteiger partial charge on any atom is 0.254 e. The van der Waals surface area contributed by atoms with Crippen molar-refractivity contribution in [3.63, 3.8) is 0 Å². The number of amides is 2. The number of halogens is 1. The number of rotatable bonds is 7. The number of nitrogens with one attached hydrogen (secondary N) is 3. The molecule has 0 saturated carbocycles. The van der Waals surface area contributed by atoms with Crippen LogP contribution >= 0.6 is 11.6 Å². The number of benzene rings is 2. The number of hydrogen-bond acceptors (Lipinski definition) is 4. The second-order valence-corrected chi connectivity index (χ2v) is 10.9. The fourth-order valence-electron chi connectivity index (χ4n) is 4.16. The monoisotopic (exact) mass is 502 g/mol. The molecule has 0 aliphatic carbocycles. The molecular weight excluding hydrogens is 476 g/mol. The van der Waals surface area contributed by atoms with E-state index in [0.717, 1.165) is 48.7 Å². The Morgan fingerprint density at radius 3 is 2.53 bits per heavy atom. The van der Waals surface area contributed by atoms with Crippen LogP contribution in [0.4, 0.5) is 0 Å². The lowest BCUT2D eigenvalue weighted by molar-refractivity contribution is 0.0791. The molecule has 0 unspecified atom stereocenters. The highest BCUT2D eigenvalue weighted by Crippen LogP contribution is 2.24. The third-order valence-corrected chi connectivity index (χ3v) is 6.87. The van der Waals surface area contributed by atoms with Crippen LogP contribution in [0.3, 0.4) is 0 Å². The number of H-pyrrole nitrogens is 1. The summed E-state index contributed by atoms with van der Waals surface area (Å²) in [6.45, 7) is 3.29. The number of aromatic nitrogens is 1. The lowest BCUT2D eigenvalue weighted by Gasteiger charge is -2.19. The summed E-state index contributed by atoms with van der Waals surface area (Å²) in [4.78, 5) is 30.9. The second kappa shape index (κ2) is 9.77. The van der Waals surface area contributed by atoms with Crippen molar-refractivity contribution in [1.82, 2.24) is 19.9 Å². The Morgan fingerprint density at radius 1 is 1.12 bits per heavy atom. The molecule has 1 aliphatic rings. The van der Waals surface area contributed by atoms with Crippen LogP contribution in [0.15, 0.2) is 42.5 Å². The van der Waals surface area contributed by atoms with Gasteiger partial charge in [0, 0.05) is 52.4 Å². The van der Waals surface area contributed by atoms with Gasteiger partial charge in [-0.2, -0.15) is 0 Å². The van der Waals surface area contributed by atoms with Crippen molar-refractivity contribution in [2.75, 3.05) is 25.9 Å². The molecule has 4 rings (SSSR count). The minimum Gasteiger partial charge on any atom is -0.357 e. The van der Waals surface area contributed by atoms with Gasteiger partial charge in [-0.05, 0) is 67.8 Å². The van der Waals surface area contributed by atoms with E-state index in [4.69, 9.17) is 11.6 Å². The minimum absolute atomic E-state index is 0.0195. The molecule has 1 aliphatic heterocycles. The molecule has 0 spiro atoms. The summed E-state index contributed by atoms with van der Waals surface area (Å²) in [7, 11) is -3.47. The van der Waals surface area contributed by atoms with E-state index in [1.54, 1.807) is 30.3 Å². The maximum atomic E-state index is 13.1. The van der Waals surface area contributed by atoms with Gasteiger partial charge in [-0.3, -0.25) is 9.59 Å². The van der Waals surface area contributed by atoms with E-state index in [9.17, 15) is 18.0 Å². The average molecular weight is 503 g/mol. The van der Waals surface area contributed by atoms with Gasteiger partial charge in [-0.1, -0.05) is 11.6 Å². The molecule has 10 heteroatoms. The fourth-order valence-corrected chi connectivity index (χ4v) is 4.81. The largest absolute Gasteiger partial charge is 0.357 e. The van der Waals surface area contributed by atoms with Crippen molar-refractivity contribution in [1.29, 1.82) is 0 Å². The van der Waals surface area contributed by atoms with E-state index in [0.29, 0.717) is 21.8 Å². The van der Waals surface area contributed by atoms with E-state index in [2.05, 4.69) is 15.0 Å². The highest BCUT2D eigenvalue weighted by Gasteiger charge is 2.23. The number of likely N-dealkylation sites (tertiary alicyclic amines) is 1. The lowest BCUT2D eigenvalue weighted by Crippen LogP contribution is -2.37. The number of aromatic amines is 1. The van der Waals surface area contributed by atoms with E-state index in [-0.39, 0.29) is 18.4 Å². The SMILES string of the molecule is Cc1cc(C(=O)N[C@@H](CNS(C)(=O)=O)c2cc3cc(Cl)ccc3[nH]2)ccc1C(=O)N1CCCC1. The van der Waals surface area contributed by atoms with Crippen molar-refractivity contribution in [3.05, 3.63) is 69.9 Å². The van der Waals surface area contributed by atoms with Gasteiger partial charge in [-0.15, -0.1) is 0 Å². The van der Waals surface area contributed by atoms with Crippen LogP contribution in [0.25, 0.3) is 10.9 Å². The van der Waals surface area contributed by atoms with E-state index in [1.165, 1.54) is 0 Å². The first kappa shape index (κ1) is 24.3. The highest BCUT2D eigenvalue weighted by molar-refractivity contribution is 7.88. The maximum absolute atomic E-state index is 13.1. The molecule has 1 atom stereocenters. The van der Waals surface area contributed by atoms with Gasteiger partial charge in [-0.25, -0.2) is 13.1 Å². The first-order valence-electron chi connectivity index (χ1n) is 11.0. The number of hydrogen-bond donors (Lipinski definition) is 3. The quantitative estimate of drug-likeness (QED) is 0.459. The number of sulfonamides is 1. The normalized spacial score (nSPS) is 15.0. The molecule has 0 radical (unpaired) electrons. The lowest BCUT2D eigenvalue weighted by atomic mass is 10.0. The summed E-state index contributed by atoms with van der Waals surface area (Å²) in [6, 6.07) is 11.5. The number of aryl methyl sites for hydroxylation is 1. The summed E-state index contributed by atoms with van der Waals surface area (Å²) >= 11 is 6.08. The van der Waals surface area contributed by atoms with Gasteiger partial charge in [0.2, 0.25) is 10.0 Å². The molecule has 1 saturated heterocycles. The van der Waals surface area contributed by atoms with Gasteiger partial charge in [0.15, 0.2) is 0 Å². The van der Waals surface area contributed by atoms with E-state index in [1.807, 2.05) is 24.0 Å². The van der Waals surface area contributed by atoms with Crippen molar-refractivity contribution in [2.45, 2.75) is 25.8 Å². The van der Waals surface area contributed by atoms with Crippen LogP contribution in [0.1, 0.15) is 50.9 Å². The number of fused-ring (bicyclic) bond motifs is 1. The van der Waals surface area contributed by atoms with Gasteiger partial charge >= 0.3 is 0 Å². The Kier molecular flexibility index (Phi) is 6.97. The third kappa shape index (κ3) is 5.60. The summed E-state index contributed by atoms with van der Waals surface area (Å²) in [5, 5.41) is 4.33. The average Bonchev–Trinajstić information content (AvgIpc) is 3.45. The number of nitrogens with zero attached hydrogens (tertiary/aromatic N) is 1. The van der Waals surface area contributed by atoms with E-state index >= 15 is 0 Å². The zero-order valence-corrected chi connectivity index (χ0v) is 20.6. The minimum atomic E-state index is -3.47. The molecule has 34 heavy (non-hydrogen) atoms. The van der Waals surface area contributed by atoms with E-state index < -0.39 is 16.1 Å². The fraction of sp³-hybridized carbons (Fsp3) is 0.333. The van der Waals surface area contributed by atoms with Crippen LogP contribution in [-0.2, 0) is 10.0 Å². The molecule has 8 nitrogen and oxygen atoms in total.